The highest BCUT2D eigenvalue weighted by atomic mass is 16.5. The summed E-state index contributed by atoms with van der Waals surface area (Å²) < 4.78 is 5.61. The molecule has 0 bridgehead atoms. The molecule has 3 nitrogen and oxygen atoms in total. The van der Waals surface area contributed by atoms with Gasteiger partial charge in [0.05, 0.1) is 12.7 Å². The van der Waals surface area contributed by atoms with E-state index in [4.69, 9.17) is 10.5 Å². The second-order valence-corrected chi connectivity index (χ2v) is 5.04. The highest BCUT2D eigenvalue weighted by Gasteiger charge is 2.31. The van der Waals surface area contributed by atoms with Crippen molar-refractivity contribution in [2.45, 2.75) is 44.9 Å². The molecule has 2 aliphatic rings. The second kappa shape index (κ2) is 4.17. The number of hydrogen-bond donors (Lipinski definition) is 1. The SMILES string of the molecule is CC1CN(CC2CC(N)C2)C(C)CO1. The average Bonchev–Trinajstić information content (AvgIpc) is 2.09. The number of morpholine rings is 1. The van der Waals surface area contributed by atoms with E-state index >= 15 is 0 Å². The minimum Gasteiger partial charge on any atom is -0.376 e. The summed E-state index contributed by atoms with van der Waals surface area (Å²) in [5.41, 5.74) is 5.79. The van der Waals surface area contributed by atoms with Gasteiger partial charge in [-0.2, -0.15) is 0 Å². The Morgan fingerprint density at radius 3 is 2.71 bits per heavy atom. The average molecular weight is 198 g/mol. The molecule has 3 heteroatoms. The first kappa shape index (κ1) is 10.4. The lowest BCUT2D eigenvalue weighted by Gasteiger charge is -2.42. The predicted octanol–water partition coefficient (Wildman–Crippen LogP) is 0.833. The van der Waals surface area contributed by atoms with Gasteiger partial charge >= 0.3 is 0 Å². The van der Waals surface area contributed by atoms with Crippen LogP contribution in [0.2, 0.25) is 0 Å². The highest BCUT2D eigenvalue weighted by molar-refractivity contribution is 4.86. The number of nitrogens with zero attached hydrogens (tertiary/aromatic N) is 1. The lowest BCUT2D eigenvalue weighted by Crippen LogP contribution is -2.51. The van der Waals surface area contributed by atoms with E-state index in [2.05, 4.69) is 18.7 Å². The van der Waals surface area contributed by atoms with Gasteiger partial charge in [0.15, 0.2) is 0 Å². The van der Waals surface area contributed by atoms with Crippen molar-refractivity contribution < 1.29 is 4.74 Å². The maximum Gasteiger partial charge on any atom is 0.0674 e. The monoisotopic (exact) mass is 198 g/mol. The Bertz CT molecular complexity index is 192. The van der Waals surface area contributed by atoms with Gasteiger partial charge in [0.1, 0.15) is 0 Å². The smallest absolute Gasteiger partial charge is 0.0674 e. The summed E-state index contributed by atoms with van der Waals surface area (Å²) in [6.07, 6.45) is 2.84. The number of nitrogens with two attached hydrogens (primary N) is 1. The number of hydrogen-bond acceptors (Lipinski definition) is 3. The summed E-state index contributed by atoms with van der Waals surface area (Å²) in [6, 6.07) is 1.07. The van der Waals surface area contributed by atoms with E-state index in [9.17, 15) is 0 Å². The van der Waals surface area contributed by atoms with E-state index in [1.54, 1.807) is 0 Å². The molecule has 0 spiro atoms. The molecule has 1 saturated carbocycles. The van der Waals surface area contributed by atoms with Gasteiger partial charge in [0, 0.05) is 25.2 Å². The maximum absolute atomic E-state index is 5.79. The van der Waals surface area contributed by atoms with Crippen LogP contribution in [0.1, 0.15) is 26.7 Å². The van der Waals surface area contributed by atoms with Crippen molar-refractivity contribution in [3.8, 4) is 0 Å². The molecular weight excluding hydrogens is 176 g/mol. The molecule has 0 radical (unpaired) electrons. The minimum absolute atomic E-state index is 0.403. The fourth-order valence-corrected chi connectivity index (χ4v) is 2.49. The Balaban J connectivity index is 1.77. The molecule has 1 aliphatic carbocycles. The van der Waals surface area contributed by atoms with Gasteiger partial charge in [0.2, 0.25) is 0 Å². The van der Waals surface area contributed by atoms with E-state index in [-0.39, 0.29) is 0 Å². The maximum atomic E-state index is 5.79. The summed E-state index contributed by atoms with van der Waals surface area (Å²) in [4.78, 5) is 2.56. The van der Waals surface area contributed by atoms with Gasteiger partial charge in [-0.25, -0.2) is 0 Å². The predicted molar refractivity (Wildman–Crippen MR) is 57.1 cm³/mol. The van der Waals surface area contributed by atoms with E-state index in [0.717, 1.165) is 19.1 Å². The largest absolute Gasteiger partial charge is 0.376 e. The van der Waals surface area contributed by atoms with Crippen molar-refractivity contribution in [2.75, 3.05) is 19.7 Å². The van der Waals surface area contributed by atoms with Gasteiger partial charge < -0.3 is 10.5 Å². The van der Waals surface area contributed by atoms with Crippen LogP contribution in [0.4, 0.5) is 0 Å². The molecule has 2 fully saturated rings. The Morgan fingerprint density at radius 2 is 2.07 bits per heavy atom. The van der Waals surface area contributed by atoms with Crippen LogP contribution in [0, 0.1) is 5.92 Å². The first-order valence-corrected chi connectivity index (χ1v) is 5.76. The fraction of sp³-hybridized carbons (Fsp3) is 1.00. The second-order valence-electron chi connectivity index (χ2n) is 5.04. The Labute approximate surface area is 86.6 Å². The summed E-state index contributed by atoms with van der Waals surface area (Å²) in [7, 11) is 0. The van der Waals surface area contributed by atoms with E-state index in [0.29, 0.717) is 18.2 Å². The Kier molecular flexibility index (Phi) is 3.10. The molecule has 0 aromatic carbocycles. The van der Waals surface area contributed by atoms with Gasteiger partial charge in [0.25, 0.3) is 0 Å². The van der Waals surface area contributed by atoms with Crippen molar-refractivity contribution >= 4 is 0 Å². The Morgan fingerprint density at radius 1 is 1.36 bits per heavy atom. The zero-order valence-electron chi connectivity index (χ0n) is 9.28. The minimum atomic E-state index is 0.403. The molecule has 2 unspecified atom stereocenters. The highest BCUT2D eigenvalue weighted by Crippen LogP contribution is 2.27. The lowest BCUT2D eigenvalue weighted by atomic mass is 9.80. The van der Waals surface area contributed by atoms with Crippen LogP contribution in [-0.2, 0) is 4.74 Å². The molecule has 82 valence electrons. The van der Waals surface area contributed by atoms with Gasteiger partial charge in [-0.3, -0.25) is 4.90 Å². The van der Waals surface area contributed by atoms with Gasteiger partial charge in [-0.15, -0.1) is 0 Å². The fourth-order valence-electron chi connectivity index (χ4n) is 2.49. The number of ether oxygens (including phenoxy) is 1. The standard InChI is InChI=1S/C11H22N2O/c1-8-7-14-9(2)5-13(8)6-10-3-11(12)4-10/h8-11H,3-7,12H2,1-2H3. The summed E-state index contributed by atoms with van der Waals surface area (Å²) >= 11 is 0. The van der Waals surface area contributed by atoms with Crippen LogP contribution >= 0.6 is 0 Å². The molecule has 0 amide bonds. The van der Waals surface area contributed by atoms with Crippen LogP contribution < -0.4 is 5.73 Å². The third-order valence-corrected chi connectivity index (χ3v) is 3.50. The molecular formula is C11H22N2O. The van der Waals surface area contributed by atoms with Crippen LogP contribution in [0.3, 0.4) is 0 Å². The third-order valence-electron chi connectivity index (χ3n) is 3.50. The van der Waals surface area contributed by atoms with Crippen molar-refractivity contribution in [2.24, 2.45) is 11.7 Å². The number of rotatable bonds is 2. The molecule has 14 heavy (non-hydrogen) atoms. The first-order chi connectivity index (χ1) is 6.65. The molecule has 2 N–H and O–H groups in total. The van der Waals surface area contributed by atoms with E-state index < -0.39 is 0 Å². The molecule has 1 saturated heterocycles. The van der Waals surface area contributed by atoms with Crippen LogP contribution in [-0.4, -0.2) is 42.8 Å². The molecule has 1 aliphatic heterocycles. The normalized spacial score (nSPS) is 44.8. The summed E-state index contributed by atoms with van der Waals surface area (Å²) in [5, 5.41) is 0. The topological polar surface area (TPSA) is 38.5 Å². The van der Waals surface area contributed by atoms with Crippen LogP contribution in [0.5, 0.6) is 0 Å². The van der Waals surface area contributed by atoms with Crippen molar-refractivity contribution in [3.05, 3.63) is 0 Å². The quantitative estimate of drug-likeness (QED) is 0.714. The first-order valence-electron chi connectivity index (χ1n) is 5.76. The summed E-state index contributed by atoms with van der Waals surface area (Å²) in [5.74, 6) is 0.845. The van der Waals surface area contributed by atoms with Gasteiger partial charge in [-0.05, 0) is 32.6 Å². The third kappa shape index (κ3) is 2.27. The van der Waals surface area contributed by atoms with Crippen LogP contribution in [0.15, 0.2) is 0 Å². The molecule has 2 atom stereocenters. The summed E-state index contributed by atoms with van der Waals surface area (Å²) in [6.45, 7) is 7.62. The van der Waals surface area contributed by atoms with Crippen molar-refractivity contribution in [1.82, 2.24) is 4.90 Å². The molecule has 2 rings (SSSR count). The van der Waals surface area contributed by atoms with E-state index in [1.165, 1.54) is 19.4 Å². The van der Waals surface area contributed by atoms with Crippen LogP contribution in [0.25, 0.3) is 0 Å². The zero-order chi connectivity index (χ0) is 10.1. The van der Waals surface area contributed by atoms with E-state index in [1.807, 2.05) is 0 Å². The Hall–Kier alpha value is -0.120. The molecule has 0 aromatic rings. The van der Waals surface area contributed by atoms with Crippen molar-refractivity contribution in [3.63, 3.8) is 0 Å². The zero-order valence-corrected chi connectivity index (χ0v) is 9.28. The lowest BCUT2D eigenvalue weighted by molar-refractivity contribution is -0.0586. The van der Waals surface area contributed by atoms with Crippen molar-refractivity contribution in [1.29, 1.82) is 0 Å². The van der Waals surface area contributed by atoms with Gasteiger partial charge in [-0.1, -0.05) is 0 Å². The molecule has 0 aromatic heterocycles. The molecule has 1 heterocycles.